The third-order valence-corrected chi connectivity index (χ3v) is 5.13. The van der Waals surface area contributed by atoms with E-state index in [0.717, 1.165) is 18.4 Å². The van der Waals surface area contributed by atoms with Crippen LogP contribution in [-0.2, 0) is 11.2 Å². The van der Waals surface area contributed by atoms with Gasteiger partial charge in [0.05, 0.1) is 12.6 Å². The molecule has 0 spiro atoms. The monoisotopic (exact) mass is 331 g/mol. The summed E-state index contributed by atoms with van der Waals surface area (Å²) in [4.78, 5) is 28.8. The van der Waals surface area contributed by atoms with E-state index in [2.05, 4.69) is 11.9 Å². The molecule has 2 atom stereocenters. The first-order chi connectivity index (χ1) is 11.4. The molecule has 1 aliphatic heterocycles. The summed E-state index contributed by atoms with van der Waals surface area (Å²) in [7, 11) is 0. The lowest BCUT2D eigenvalue weighted by atomic mass is 9.90. The van der Waals surface area contributed by atoms with Gasteiger partial charge in [-0.15, -0.1) is 0 Å². The van der Waals surface area contributed by atoms with Crippen molar-refractivity contribution in [3.05, 3.63) is 32.7 Å². The highest BCUT2D eigenvalue weighted by molar-refractivity contribution is 5.77. The fraction of sp³-hybridized carbons (Fsp3) is 0.611. The summed E-state index contributed by atoms with van der Waals surface area (Å²) in [5.74, 6) is 0.318. The number of H-pyrrole nitrogens is 1. The van der Waals surface area contributed by atoms with Crippen LogP contribution in [-0.4, -0.2) is 40.1 Å². The lowest BCUT2D eigenvalue weighted by Gasteiger charge is -2.39. The Bertz CT molecular complexity index is 717. The van der Waals surface area contributed by atoms with Gasteiger partial charge in [0, 0.05) is 18.7 Å². The molecule has 6 nitrogen and oxygen atoms in total. The predicted octanol–water partition coefficient (Wildman–Crippen LogP) is 1.42. The number of aliphatic hydroxyl groups is 1. The molecule has 130 valence electrons. The fourth-order valence-electron chi connectivity index (χ4n) is 3.63. The Morgan fingerprint density at radius 1 is 1.46 bits per heavy atom. The fourth-order valence-corrected chi connectivity index (χ4v) is 3.63. The molecule has 1 saturated heterocycles. The number of nitrogens with one attached hydrogen (secondary N) is 1. The number of carbonyl (C=O) groups is 1. The number of nitrogens with zero attached hydrogens (tertiary/aromatic N) is 2. The van der Waals surface area contributed by atoms with E-state index < -0.39 is 0 Å². The molecule has 2 N–H and O–H groups in total. The minimum atomic E-state index is -0.382. The van der Waals surface area contributed by atoms with Crippen LogP contribution in [0.3, 0.4) is 0 Å². The quantitative estimate of drug-likeness (QED) is 0.872. The molecule has 0 saturated carbocycles. The topological polar surface area (TPSA) is 97.2 Å². The second-order valence-corrected chi connectivity index (χ2v) is 6.63. The summed E-state index contributed by atoms with van der Waals surface area (Å²) in [5, 5.41) is 18.7. The summed E-state index contributed by atoms with van der Waals surface area (Å²) in [5.41, 5.74) is 1.94. The molecule has 1 aliphatic rings. The van der Waals surface area contributed by atoms with Crippen molar-refractivity contribution < 1.29 is 9.90 Å². The maximum Gasteiger partial charge on any atom is 0.266 e. The molecule has 1 aromatic rings. The van der Waals surface area contributed by atoms with Crippen molar-refractivity contribution in [1.82, 2.24) is 9.88 Å². The van der Waals surface area contributed by atoms with Crippen LogP contribution < -0.4 is 5.56 Å². The smallest absolute Gasteiger partial charge is 0.266 e. The van der Waals surface area contributed by atoms with E-state index in [0.29, 0.717) is 36.6 Å². The van der Waals surface area contributed by atoms with Crippen molar-refractivity contribution in [2.75, 3.05) is 13.2 Å². The molecule has 0 aromatic carbocycles. The number of piperidine rings is 1. The Balaban J connectivity index is 2.15. The molecule has 6 heteroatoms. The zero-order chi connectivity index (χ0) is 17.9. The lowest BCUT2D eigenvalue weighted by Crippen LogP contribution is -2.49. The van der Waals surface area contributed by atoms with Gasteiger partial charge in [-0.25, -0.2) is 0 Å². The van der Waals surface area contributed by atoms with Crippen LogP contribution in [0, 0.1) is 31.1 Å². The SMILES string of the molecule is Cc1[nH]c(=O)c(C#N)c(C)c1CCC(=O)N1CCCC(C)C1CO. The van der Waals surface area contributed by atoms with E-state index >= 15 is 0 Å². The van der Waals surface area contributed by atoms with Gasteiger partial charge in [0.25, 0.3) is 5.56 Å². The summed E-state index contributed by atoms with van der Waals surface area (Å²) >= 11 is 0. The average molecular weight is 331 g/mol. The number of aromatic amines is 1. The van der Waals surface area contributed by atoms with Gasteiger partial charge in [0.2, 0.25) is 5.91 Å². The Hall–Kier alpha value is -2.13. The highest BCUT2D eigenvalue weighted by atomic mass is 16.3. The van der Waals surface area contributed by atoms with Crippen LogP contribution in [0.5, 0.6) is 0 Å². The first-order valence-electron chi connectivity index (χ1n) is 8.43. The number of hydrogen-bond donors (Lipinski definition) is 2. The van der Waals surface area contributed by atoms with Crippen LogP contribution in [0.2, 0.25) is 0 Å². The number of aliphatic hydroxyl groups excluding tert-OH is 1. The number of pyridine rings is 1. The number of amides is 1. The number of aryl methyl sites for hydroxylation is 1. The summed E-state index contributed by atoms with van der Waals surface area (Å²) in [6, 6.07) is 1.82. The van der Waals surface area contributed by atoms with Gasteiger partial charge in [-0.05, 0) is 50.2 Å². The van der Waals surface area contributed by atoms with Crippen LogP contribution in [0.1, 0.15) is 48.6 Å². The second-order valence-electron chi connectivity index (χ2n) is 6.63. The van der Waals surface area contributed by atoms with Crippen molar-refractivity contribution in [3.63, 3.8) is 0 Å². The Morgan fingerprint density at radius 3 is 2.79 bits per heavy atom. The molecule has 2 heterocycles. The molecule has 1 fully saturated rings. The average Bonchev–Trinajstić information content (AvgIpc) is 2.54. The molecule has 0 aliphatic carbocycles. The van der Waals surface area contributed by atoms with E-state index in [1.807, 2.05) is 6.07 Å². The standard InChI is InChI=1S/C18H25N3O3/c1-11-5-4-8-21(16(11)10-22)17(23)7-6-14-12(2)15(9-19)18(24)20-13(14)3/h11,16,22H,4-8,10H2,1-3H3,(H,20,24). The molecular formula is C18H25N3O3. The van der Waals surface area contributed by atoms with Gasteiger partial charge in [-0.2, -0.15) is 5.26 Å². The Morgan fingerprint density at radius 2 is 2.17 bits per heavy atom. The van der Waals surface area contributed by atoms with Gasteiger partial charge in [-0.1, -0.05) is 6.92 Å². The predicted molar refractivity (Wildman–Crippen MR) is 90.6 cm³/mol. The molecular weight excluding hydrogens is 306 g/mol. The van der Waals surface area contributed by atoms with E-state index in [9.17, 15) is 14.7 Å². The highest BCUT2D eigenvalue weighted by Gasteiger charge is 2.31. The first kappa shape index (κ1) is 18.2. The zero-order valence-corrected chi connectivity index (χ0v) is 14.6. The van der Waals surface area contributed by atoms with Gasteiger partial charge in [0.1, 0.15) is 11.6 Å². The van der Waals surface area contributed by atoms with Crippen LogP contribution in [0.4, 0.5) is 0 Å². The second kappa shape index (κ2) is 7.63. The third-order valence-electron chi connectivity index (χ3n) is 5.13. The highest BCUT2D eigenvalue weighted by Crippen LogP contribution is 2.24. The van der Waals surface area contributed by atoms with Crippen molar-refractivity contribution in [3.8, 4) is 6.07 Å². The van der Waals surface area contributed by atoms with E-state index in [4.69, 9.17) is 5.26 Å². The number of carbonyl (C=O) groups excluding carboxylic acids is 1. The van der Waals surface area contributed by atoms with Crippen LogP contribution in [0.15, 0.2) is 4.79 Å². The summed E-state index contributed by atoms with van der Waals surface area (Å²) < 4.78 is 0. The zero-order valence-electron chi connectivity index (χ0n) is 14.6. The molecule has 2 rings (SSSR count). The number of aromatic nitrogens is 1. The van der Waals surface area contributed by atoms with E-state index in [1.165, 1.54) is 0 Å². The van der Waals surface area contributed by atoms with Crippen molar-refractivity contribution in [1.29, 1.82) is 5.26 Å². The number of hydrogen-bond acceptors (Lipinski definition) is 4. The summed E-state index contributed by atoms with van der Waals surface area (Å²) in [6.45, 7) is 6.27. The minimum absolute atomic E-state index is 0.0117. The molecule has 24 heavy (non-hydrogen) atoms. The van der Waals surface area contributed by atoms with Crippen molar-refractivity contribution >= 4 is 5.91 Å². The Kier molecular flexibility index (Phi) is 5.79. The third kappa shape index (κ3) is 3.51. The van der Waals surface area contributed by atoms with Gasteiger partial charge in [-0.3, -0.25) is 9.59 Å². The molecule has 1 amide bonds. The van der Waals surface area contributed by atoms with Crippen molar-refractivity contribution in [2.45, 2.75) is 52.5 Å². The van der Waals surface area contributed by atoms with Crippen molar-refractivity contribution in [2.24, 2.45) is 5.92 Å². The number of nitriles is 1. The maximum absolute atomic E-state index is 12.6. The van der Waals surface area contributed by atoms with Gasteiger partial charge in [0.15, 0.2) is 0 Å². The molecule has 0 bridgehead atoms. The van der Waals surface area contributed by atoms with Gasteiger partial charge < -0.3 is 15.0 Å². The largest absolute Gasteiger partial charge is 0.394 e. The first-order valence-corrected chi connectivity index (χ1v) is 8.43. The normalized spacial score (nSPS) is 20.7. The van der Waals surface area contributed by atoms with E-state index in [1.54, 1.807) is 18.7 Å². The van der Waals surface area contributed by atoms with Crippen LogP contribution in [0.25, 0.3) is 0 Å². The molecule has 0 radical (unpaired) electrons. The van der Waals surface area contributed by atoms with Gasteiger partial charge >= 0.3 is 0 Å². The number of rotatable bonds is 4. The molecule has 1 aromatic heterocycles. The number of likely N-dealkylation sites (tertiary alicyclic amines) is 1. The lowest BCUT2D eigenvalue weighted by molar-refractivity contribution is -0.137. The Labute approximate surface area is 142 Å². The van der Waals surface area contributed by atoms with Crippen LogP contribution >= 0.6 is 0 Å². The maximum atomic E-state index is 12.6. The van der Waals surface area contributed by atoms with E-state index in [-0.39, 0.29) is 29.7 Å². The summed E-state index contributed by atoms with van der Waals surface area (Å²) in [6.07, 6.45) is 2.77. The molecule has 2 unspecified atom stereocenters. The minimum Gasteiger partial charge on any atom is -0.394 e.